The first-order valence-electron chi connectivity index (χ1n) is 7.79. The minimum atomic E-state index is 0.795. The van der Waals surface area contributed by atoms with E-state index in [1.54, 1.807) is 0 Å². The van der Waals surface area contributed by atoms with Crippen molar-refractivity contribution in [1.82, 2.24) is 20.4 Å². The first kappa shape index (κ1) is 13.4. The molecule has 2 aliphatic heterocycles. The van der Waals surface area contributed by atoms with Gasteiger partial charge in [-0.3, -0.25) is 0 Å². The first-order chi connectivity index (χ1) is 10.7. The van der Waals surface area contributed by atoms with Gasteiger partial charge in [0.05, 0.1) is 18.1 Å². The maximum Gasteiger partial charge on any atom is 0.142 e. The SMILES string of the molecule is Cc1cc(C)cc(-n2nc3c(c2N2C=CNC2)CNCC3)c1. The largest absolute Gasteiger partial charge is 0.372 e. The summed E-state index contributed by atoms with van der Waals surface area (Å²) in [6, 6.07) is 6.61. The van der Waals surface area contributed by atoms with E-state index in [0.717, 1.165) is 31.9 Å². The monoisotopic (exact) mass is 295 g/mol. The van der Waals surface area contributed by atoms with Gasteiger partial charge in [0.1, 0.15) is 5.82 Å². The van der Waals surface area contributed by atoms with E-state index in [1.807, 2.05) is 6.20 Å². The lowest BCUT2D eigenvalue weighted by molar-refractivity contribution is 0.635. The summed E-state index contributed by atoms with van der Waals surface area (Å²) in [6.07, 6.45) is 5.07. The molecule has 0 spiro atoms. The van der Waals surface area contributed by atoms with Gasteiger partial charge >= 0.3 is 0 Å². The van der Waals surface area contributed by atoms with Crippen molar-refractivity contribution in [3.63, 3.8) is 0 Å². The van der Waals surface area contributed by atoms with Gasteiger partial charge in [0.15, 0.2) is 0 Å². The van der Waals surface area contributed by atoms with Crippen LogP contribution >= 0.6 is 0 Å². The van der Waals surface area contributed by atoms with E-state index in [-0.39, 0.29) is 0 Å². The average molecular weight is 295 g/mol. The minimum absolute atomic E-state index is 0.795. The Kier molecular flexibility index (Phi) is 3.15. The molecule has 1 aromatic heterocycles. The van der Waals surface area contributed by atoms with Crippen LogP contribution in [0.3, 0.4) is 0 Å². The summed E-state index contributed by atoms with van der Waals surface area (Å²) in [5, 5.41) is 11.6. The van der Waals surface area contributed by atoms with Crippen molar-refractivity contribution in [3.8, 4) is 5.69 Å². The third-order valence-corrected chi connectivity index (χ3v) is 4.24. The third kappa shape index (κ3) is 2.18. The highest BCUT2D eigenvalue weighted by Gasteiger charge is 2.25. The maximum absolute atomic E-state index is 4.92. The number of nitrogens with one attached hydrogen (secondary N) is 2. The standard InChI is InChI=1S/C17H21N5/c1-12-7-13(2)9-14(8-12)22-17(21-6-5-19-11-21)15-10-18-4-3-16(15)20-22/h5-9,18-19H,3-4,10-11H2,1-2H3. The maximum atomic E-state index is 4.92. The summed E-state index contributed by atoms with van der Waals surface area (Å²) in [5.41, 5.74) is 6.21. The van der Waals surface area contributed by atoms with Crippen molar-refractivity contribution < 1.29 is 0 Å². The van der Waals surface area contributed by atoms with Crippen LogP contribution in [0.5, 0.6) is 0 Å². The van der Waals surface area contributed by atoms with Gasteiger partial charge in [-0.1, -0.05) is 6.07 Å². The van der Waals surface area contributed by atoms with Crippen LogP contribution in [-0.4, -0.2) is 23.0 Å². The number of rotatable bonds is 2. The number of benzene rings is 1. The van der Waals surface area contributed by atoms with Crippen LogP contribution in [-0.2, 0) is 13.0 Å². The lowest BCUT2D eigenvalue weighted by Crippen LogP contribution is -2.27. The number of aromatic nitrogens is 2. The number of fused-ring (bicyclic) bond motifs is 1. The first-order valence-corrected chi connectivity index (χ1v) is 7.79. The average Bonchev–Trinajstić information content (AvgIpc) is 3.12. The van der Waals surface area contributed by atoms with E-state index in [4.69, 9.17) is 5.10 Å². The van der Waals surface area contributed by atoms with Crippen molar-refractivity contribution >= 4 is 5.82 Å². The Morgan fingerprint density at radius 3 is 2.68 bits per heavy atom. The molecule has 2 aromatic rings. The zero-order chi connectivity index (χ0) is 15.1. The summed E-state index contributed by atoms with van der Waals surface area (Å²) in [5.74, 6) is 1.17. The Hall–Kier alpha value is -2.27. The summed E-state index contributed by atoms with van der Waals surface area (Å²) in [6.45, 7) is 6.96. The second kappa shape index (κ2) is 5.18. The Morgan fingerprint density at radius 2 is 1.95 bits per heavy atom. The summed E-state index contributed by atoms with van der Waals surface area (Å²) in [4.78, 5) is 2.23. The van der Waals surface area contributed by atoms with Crippen LogP contribution in [0.15, 0.2) is 30.6 Å². The lowest BCUT2D eigenvalue weighted by atomic mass is 10.1. The molecule has 4 rings (SSSR count). The molecule has 0 radical (unpaired) electrons. The quantitative estimate of drug-likeness (QED) is 0.889. The van der Waals surface area contributed by atoms with Gasteiger partial charge in [0.2, 0.25) is 0 Å². The molecule has 5 heteroatoms. The predicted molar refractivity (Wildman–Crippen MR) is 88.1 cm³/mol. The second-order valence-corrected chi connectivity index (χ2v) is 6.08. The Labute approximate surface area is 130 Å². The van der Waals surface area contributed by atoms with Gasteiger partial charge in [-0.05, 0) is 37.1 Å². The molecule has 2 aliphatic rings. The Morgan fingerprint density at radius 1 is 1.14 bits per heavy atom. The molecular weight excluding hydrogens is 274 g/mol. The van der Waals surface area contributed by atoms with Gasteiger partial charge in [-0.2, -0.15) is 5.10 Å². The number of anilines is 1. The fourth-order valence-electron chi connectivity index (χ4n) is 3.33. The van der Waals surface area contributed by atoms with Gasteiger partial charge in [0, 0.05) is 37.5 Å². The van der Waals surface area contributed by atoms with Crippen molar-refractivity contribution in [2.24, 2.45) is 0 Å². The summed E-state index contributed by atoms with van der Waals surface area (Å²) in [7, 11) is 0. The molecular formula is C17H21N5. The van der Waals surface area contributed by atoms with Crippen LogP contribution < -0.4 is 15.5 Å². The molecule has 3 heterocycles. The van der Waals surface area contributed by atoms with E-state index in [0.29, 0.717) is 0 Å². The highest BCUT2D eigenvalue weighted by Crippen LogP contribution is 2.30. The van der Waals surface area contributed by atoms with E-state index in [1.165, 1.54) is 28.2 Å². The Balaban J connectivity index is 1.90. The van der Waals surface area contributed by atoms with E-state index >= 15 is 0 Å². The number of aryl methyl sites for hydroxylation is 2. The van der Waals surface area contributed by atoms with Gasteiger partial charge < -0.3 is 15.5 Å². The smallest absolute Gasteiger partial charge is 0.142 e. The Bertz CT molecular complexity index is 723. The van der Waals surface area contributed by atoms with Crippen LogP contribution in [0.4, 0.5) is 5.82 Å². The van der Waals surface area contributed by atoms with Crippen LogP contribution in [0, 0.1) is 13.8 Å². The number of hydrogen-bond donors (Lipinski definition) is 2. The summed E-state index contributed by atoms with van der Waals surface area (Å²) >= 11 is 0. The fraction of sp³-hybridized carbons (Fsp3) is 0.353. The van der Waals surface area contributed by atoms with Crippen LogP contribution in [0.1, 0.15) is 22.4 Å². The summed E-state index contributed by atoms with van der Waals surface area (Å²) < 4.78 is 2.11. The molecule has 22 heavy (non-hydrogen) atoms. The van der Waals surface area contributed by atoms with E-state index in [9.17, 15) is 0 Å². The second-order valence-electron chi connectivity index (χ2n) is 6.08. The molecule has 0 amide bonds. The molecule has 0 saturated heterocycles. The van der Waals surface area contributed by atoms with Crippen molar-refractivity contribution in [2.75, 3.05) is 18.1 Å². The fourth-order valence-corrected chi connectivity index (χ4v) is 3.33. The highest BCUT2D eigenvalue weighted by atomic mass is 15.4. The third-order valence-electron chi connectivity index (χ3n) is 4.24. The molecule has 0 fully saturated rings. The van der Waals surface area contributed by atoms with Crippen molar-refractivity contribution in [2.45, 2.75) is 26.8 Å². The zero-order valence-electron chi connectivity index (χ0n) is 13.1. The normalized spacial score (nSPS) is 16.7. The number of hydrogen-bond acceptors (Lipinski definition) is 4. The van der Waals surface area contributed by atoms with Gasteiger partial charge in [-0.15, -0.1) is 0 Å². The van der Waals surface area contributed by atoms with Crippen LogP contribution in [0.25, 0.3) is 5.69 Å². The van der Waals surface area contributed by atoms with E-state index in [2.05, 4.69) is 58.5 Å². The molecule has 0 atom stereocenters. The number of nitrogens with zero attached hydrogens (tertiary/aromatic N) is 3. The molecule has 114 valence electrons. The van der Waals surface area contributed by atoms with Gasteiger partial charge in [-0.25, -0.2) is 4.68 Å². The lowest BCUT2D eigenvalue weighted by Gasteiger charge is -2.20. The molecule has 0 bridgehead atoms. The minimum Gasteiger partial charge on any atom is -0.372 e. The van der Waals surface area contributed by atoms with E-state index < -0.39 is 0 Å². The predicted octanol–water partition coefficient (Wildman–Crippen LogP) is 1.97. The molecule has 0 aliphatic carbocycles. The molecule has 0 saturated carbocycles. The molecule has 5 nitrogen and oxygen atoms in total. The van der Waals surface area contributed by atoms with Crippen LogP contribution in [0.2, 0.25) is 0 Å². The zero-order valence-corrected chi connectivity index (χ0v) is 13.1. The van der Waals surface area contributed by atoms with Crippen molar-refractivity contribution in [3.05, 3.63) is 53.0 Å². The molecule has 0 unspecified atom stereocenters. The highest BCUT2D eigenvalue weighted by molar-refractivity contribution is 5.59. The van der Waals surface area contributed by atoms with Crippen molar-refractivity contribution in [1.29, 1.82) is 0 Å². The molecule has 2 N–H and O–H groups in total. The van der Waals surface area contributed by atoms with Gasteiger partial charge in [0.25, 0.3) is 0 Å². The molecule has 1 aromatic carbocycles. The topological polar surface area (TPSA) is 45.1 Å².